The molecule has 192 valence electrons. The van der Waals surface area contributed by atoms with Gasteiger partial charge in [0.05, 0.1) is 0 Å². The van der Waals surface area contributed by atoms with Gasteiger partial charge in [-0.3, -0.25) is 4.79 Å². The molecule has 0 aliphatic carbocycles. The van der Waals surface area contributed by atoms with Crippen molar-refractivity contribution in [2.45, 2.75) is 103 Å². The van der Waals surface area contributed by atoms with Crippen molar-refractivity contribution in [2.75, 3.05) is 0 Å². The molecule has 3 N–H and O–H groups in total. The molecule has 3 rings (SSSR count). The second-order valence-electron chi connectivity index (χ2n) is 10.5. The molecular weight excluding hydrogens is 432 g/mol. The smallest absolute Gasteiger partial charge is 0.222 e. The lowest BCUT2D eigenvalue weighted by atomic mass is 9.70. The third kappa shape index (κ3) is 7.41. The maximum Gasteiger partial charge on any atom is 0.222 e. The lowest BCUT2D eigenvalue weighted by Gasteiger charge is -2.52. The molecule has 1 amide bonds. The van der Waals surface area contributed by atoms with Crippen molar-refractivity contribution in [3.05, 3.63) is 71.8 Å². The van der Waals surface area contributed by atoms with Gasteiger partial charge >= 0.3 is 0 Å². The Balaban J connectivity index is 1.62. The van der Waals surface area contributed by atoms with Crippen molar-refractivity contribution in [2.24, 2.45) is 11.8 Å². The fraction of sp³-hybridized carbons (Fsp3) is 0.581. The standard InChI is InChI=1S/C31H46N2O2/c1-4-5-6-7-8-9-10-11-18-23-28(34)33-31(35)24(2)29(26-19-14-12-15-20-26)32-30(25(31)3)27-21-16-13-17-22-27/h12-17,19-22,24-25,29-30,32,35H,4-11,18,23H2,1-3H3,(H,33,34). The number of aliphatic hydroxyl groups is 1. The van der Waals surface area contributed by atoms with Crippen LogP contribution in [0.1, 0.15) is 108 Å². The average Bonchev–Trinajstić information content (AvgIpc) is 2.88. The van der Waals surface area contributed by atoms with Crippen molar-refractivity contribution in [1.29, 1.82) is 0 Å². The highest BCUT2D eigenvalue weighted by Crippen LogP contribution is 2.45. The number of hydrogen-bond acceptors (Lipinski definition) is 3. The van der Waals surface area contributed by atoms with Crippen LogP contribution in [-0.4, -0.2) is 16.7 Å². The number of piperidine rings is 1. The summed E-state index contributed by atoms with van der Waals surface area (Å²) in [5, 5.41) is 18.9. The number of carbonyl (C=O) groups excluding carboxylic acids is 1. The largest absolute Gasteiger partial charge is 0.370 e. The molecule has 4 heteroatoms. The second-order valence-corrected chi connectivity index (χ2v) is 10.5. The van der Waals surface area contributed by atoms with Crippen LogP contribution in [-0.2, 0) is 4.79 Å². The monoisotopic (exact) mass is 478 g/mol. The average molecular weight is 479 g/mol. The minimum Gasteiger partial charge on any atom is -0.370 e. The van der Waals surface area contributed by atoms with Crippen molar-refractivity contribution in [3.63, 3.8) is 0 Å². The lowest BCUT2D eigenvalue weighted by Crippen LogP contribution is -2.65. The van der Waals surface area contributed by atoms with Gasteiger partial charge in [-0.1, -0.05) is 133 Å². The summed E-state index contributed by atoms with van der Waals surface area (Å²) in [5.74, 6) is -0.423. The maximum atomic E-state index is 13.0. The Kier molecular flexibility index (Phi) is 10.8. The van der Waals surface area contributed by atoms with Gasteiger partial charge < -0.3 is 15.7 Å². The normalized spacial score (nSPS) is 26.4. The molecule has 0 saturated carbocycles. The van der Waals surface area contributed by atoms with Gasteiger partial charge in [0, 0.05) is 30.3 Å². The number of hydrogen-bond donors (Lipinski definition) is 3. The van der Waals surface area contributed by atoms with Crippen LogP contribution in [0.4, 0.5) is 0 Å². The van der Waals surface area contributed by atoms with E-state index in [-0.39, 0.29) is 29.8 Å². The summed E-state index contributed by atoms with van der Waals surface area (Å²) in [6, 6.07) is 20.4. The summed E-state index contributed by atoms with van der Waals surface area (Å²) < 4.78 is 0. The van der Waals surface area contributed by atoms with E-state index in [1.165, 1.54) is 44.9 Å². The predicted octanol–water partition coefficient (Wildman–Crippen LogP) is 7.07. The first-order chi connectivity index (χ1) is 17.0. The molecule has 1 saturated heterocycles. The molecule has 0 radical (unpaired) electrons. The molecular formula is C31H46N2O2. The van der Waals surface area contributed by atoms with Crippen LogP contribution < -0.4 is 10.6 Å². The van der Waals surface area contributed by atoms with Crippen LogP contribution in [0.15, 0.2) is 60.7 Å². The van der Waals surface area contributed by atoms with Gasteiger partial charge in [0.25, 0.3) is 0 Å². The molecule has 0 aromatic heterocycles. The van der Waals surface area contributed by atoms with Crippen LogP contribution in [0.5, 0.6) is 0 Å². The lowest BCUT2D eigenvalue weighted by molar-refractivity contribution is -0.155. The summed E-state index contributed by atoms with van der Waals surface area (Å²) in [6.07, 6.45) is 11.5. The molecule has 4 nitrogen and oxygen atoms in total. The minimum absolute atomic E-state index is 0.0466. The van der Waals surface area contributed by atoms with Crippen molar-refractivity contribution < 1.29 is 9.90 Å². The third-order valence-electron chi connectivity index (χ3n) is 7.91. The molecule has 2 aromatic carbocycles. The molecule has 2 aromatic rings. The van der Waals surface area contributed by atoms with Crippen molar-refractivity contribution in [3.8, 4) is 0 Å². The zero-order valence-corrected chi connectivity index (χ0v) is 22.0. The Bertz CT molecular complexity index is 819. The van der Waals surface area contributed by atoms with Gasteiger partial charge in [0.1, 0.15) is 5.72 Å². The summed E-state index contributed by atoms with van der Waals surface area (Å²) in [6.45, 7) is 6.33. The highest BCUT2D eigenvalue weighted by molar-refractivity contribution is 5.76. The molecule has 1 heterocycles. The minimum atomic E-state index is -1.30. The highest BCUT2D eigenvalue weighted by Gasteiger charge is 2.52. The van der Waals surface area contributed by atoms with E-state index in [0.717, 1.165) is 24.0 Å². The zero-order valence-electron chi connectivity index (χ0n) is 22.0. The van der Waals surface area contributed by atoms with Gasteiger partial charge in [0.2, 0.25) is 5.91 Å². The zero-order chi connectivity index (χ0) is 25.1. The number of benzene rings is 2. The Morgan fingerprint density at radius 2 is 1.20 bits per heavy atom. The summed E-state index contributed by atoms with van der Waals surface area (Å²) in [4.78, 5) is 13.0. The third-order valence-corrected chi connectivity index (χ3v) is 7.91. The van der Waals surface area contributed by atoms with Crippen LogP contribution in [0.3, 0.4) is 0 Å². The number of amides is 1. The molecule has 0 bridgehead atoms. The SMILES string of the molecule is CCCCCCCCCCCC(=O)NC1(O)C(C)C(c2ccccc2)NC(c2ccccc2)C1C. The number of unbranched alkanes of at least 4 members (excludes halogenated alkanes) is 8. The first-order valence-electron chi connectivity index (χ1n) is 13.9. The van der Waals surface area contributed by atoms with E-state index < -0.39 is 5.72 Å². The number of carbonyl (C=O) groups is 1. The van der Waals surface area contributed by atoms with Crippen LogP contribution in [0.2, 0.25) is 0 Å². The number of nitrogens with one attached hydrogen (secondary N) is 2. The van der Waals surface area contributed by atoms with E-state index in [1.54, 1.807) is 0 Å². The second kappa shape index (κ2) is 13.8. The summed E-state index contributed by atoms with van der Waals surface area (Å²) >= 11 is 0. The van der Waals surface area contributed by atoms with Gasteiger partial charge in [0.15, 0.2) is 0 Å². The Morgan fingerprint density at radius 1 is 0.771 bits per heavy atom. The van der Waals surface area contributed by atoms with Gasteiger partial charge in [-0.2, -0.15) is 0 Å². The topological polar surface area (TPSA) is 61.4 Å². The highest BCUT2D eigenvalue weighted by atomic mass is 16.3. The molecule has 4 atom stereocenters. The molecule has 4 unspecified atom stereocenters. The first kappa shape index (κ1) is 27.4. The fourth-order valence-corrected chi connectivity index (χ4v) is 5.61. The van der Waals surface area contributed by atoms with Gasteiger partial charge in [-0.05, 0) is 17.5 Å². The summed E-state index contributed by atoms with van der Waals surface area (Å²) in [5.41, 5.74) is 0.946. The fourth-order valence-electron chi connectivity index (χ4n) is 5.61. The van der Waals surface area contributed by atoms with E-state index in [2.05, 4.69) is 41.8 Å². The van der Waals surface area contributed by atoms with E-state index in [9.17, 15) is 9.90 Å². The van der Waals surface area contributed by atoms with Crippen molar-refractivity contribution >= 4 is 5.91 Å². The van der Waals surface area contributed by atoms with Crippen LogP contribution in [0, 0.1) is 11.8 Å². The Labute approximate surface area is 212 Å². The first-order valence-corrected chi connectivity index (χ1v) is 13.9. The summed E-state index contributed by atoms with van der Waals surface area (Å²) in [7, 11) is 0. The quantitative estimate of drug-likeness (QED) is 0.213. The molecule has 1 aliphatic heterocycles. The molecule has 0 spiro atoms. The van der Waals surface area contributed by atoms with Crippen LogP contribution in [0.25, 0.3) is 0 Å². The van der Waals surface area contributed by atoms with Gasteiger partial charge in [-0.15, -0.1) is 0 Å². The van der Waals surface area contributed by atoms with E-state index in [0.29, 0.717) is 6.42 Å². The predicted molar refractivity (Wildman–Crippen MR) is 145 cm³/mol. The van der Waals surface area contributed by atoms with E-state index in [1.807, 2.05) is 50.2 Å². The number of rotatable bonds is 13. The van der Waals surface area contributed by atoms with Crippen molar-refractivity contribution in [1.82, 2.24) is 10.6 Å². The van der Waals surface area contributed by atoms with E-state index >= 15 is 0 Å². The van der Waals surface area contributed by atoms with E-state index in [4.69, 9.17) is 0 Å². The molecule has 35 heavy (non-hydrogen) atoms. The Morgan fingerprint density at radius 3 is 1.66 bits per heavy atom. The van der Waals surface area contributed by atoms with Crippen LogP contribution >= 0.6 is 0 Å². The Hall–Kier alpha value is -2.17. The molecule has 1 aliphatic rings. The maximum absolute atomic E-state index is 13.0. The molecule has 1 fully saturated rings. The van der Waals surface area contributed by atoms with Gasteiger partial charge in [-0.25, -0.2) is 0 Å².